The van der Waals surface area contributed by atoms with E-state index in [-0.39, 0.29) is 10.6 Å². The van der Waals surface area contributed by atoms with Crippen molar-refractivity contribution in [3.05, 3.63) is 84.9 Å². The minimum atomic E-state index is -4.29. The molecule has 0 bridgehead atoms. The zero-order chi connectivity index (χ0) is 17.9. The summed E-state index contributed by atoms with van der Waals surface area (Å²) in [5.41, 5.74) is 5.59. The van der Waals surface area contributed by atoms with E-state index in [1.54, 1.807) is 30.3 Å². The molecule has 4 aromatic rings. The molecule has 0 unspecified atom stereocenters. The van der Waals surface area contributed by atoms with E-state index in [1.807, 2.05) is 0 Å². The average molecular weight is 351 g/mol. The van der Waals surface area contributed by atoms with E-state index < -0.39 is 10.1 Å². The minimum Gasteiger partial charge on any atom is -0.398 e. The van der Waals surface area contributed by atoms with Crippen molar-refractivity contribution in [2.45, 2.75) is 4.90 Å². The molecule has 0 amide bonds. The van der Waals surface area contributed by atoms with E-state index in [2.05, 4.69) is 48.5 Å². The van der Waals surface area contributed by atoms with Gasteiger partial charge in [-0.2, -0.15) is 8.42 Å². The van der Waals surface area contributed by atoms with Gasteiger partial charge in [0.1, 0.15) is 4.90 Å². The molecule has 5 heteroatoms. The van der Waals surface area contributed by atoms with Crippen LogP contribution < -0.4 is 5.73 Å². The number of nitrogen functional groups attached to an aromatic ring is 1. The third-order valence-electron chi connectivity index (χ3n) is 3.83. The van der Waals surface area contributed by atoms with Gasteiger partial charge in [0.2, 0.25) is 0 Å². The predicted molar refractivity (Wildman–Crippen MR) is 102 cm³/mol. The Morgan fingerprint density at radius 2 is 1.08 bits per heavy atom. The number of hydrogen-bond acceptors (Lipinski definition) is 3. The van der Waals surface area contributed by atoms with Gasteiger partial charge in [0, 0.05) is 5.39 Å². The molecule has 0 aliphatic heterocycles. The Balaban J connectivity index is 0.000000157. The third kappa shape index (κ3) is 3.79. The lowest BCUT2D eigenvalue weighted by Gasteiger charge is -2.06. The minimum absolute atomic E-state index is 0.0520. The maximum atomic E-state index is 11.1. The highest BCUT2D eigenvalue weighted by molar-refractivity contribution is 7.86. The summed E-state index contributed by atoms with van der Waals surface area (Å²) in [6.07, 6.45) is 0. The maximum Gasteiger partial charge on any atom is 0.297 e. The van der Waals surface area contributed by atoms with Crippen molar-refractivity contribution in [2.75, 3.05) is 5.73 Å². The molecular formula is C20H17NO3S. The summed E-state index contributed by atoms with van der Waals surface area (Å²) in [6.45, 7) is 0. The lowest BCUT2D eigenvalue weighted by Crippen LogP contribution is -2.03. The molecule has 4 aromatic carbocycles. The molecule has 0 saturated heterocycles. The highest BCUT2D eigenvalue weighted by atomic mass is 32.2. The Hall–Kier alpha value is -2.89. The van der Waals surface area contributed by atoms with Crippen LogP contribution >= 0.6 is 0 Å². The van der Waals surface area contributed by atoms with Crippen LogP contribution in [-0.2, 0) is 10.1 Å². The number of hydrogen-bond donors (Lipinski definition) is 2. The molecule has 3 N–H and O–H groups in total. The van der Waals surface area contributed by atoms with Gasteiger partial charge in [-0.1, -0.05) is 78.9 Å². The summed E-state index contributed by atoms with van der Waals surface area (Å²) < 4.78 is 31.3. The normalized spacial score (nSPS) is 11.1. The standard InChI is InChI=1S/C10H9NO3S.C10H8/c11-9-6-5-7-3-1-2-4-8(7)10(9)15(12,13)14;1-2-6-10-8-4-3-7-9(10)5-1/h1-6H,11H2,(H,12,13,14);1-8H. The second kappa shape index (κ2) is 6.93. The molecule has 0 atom stereocenters. The van der Waals surface area contributed by atoms with Crippen LogP contribution in [0.4, 0.5) is 5.69 Å². The fourth-order valence-corrected chi connectivity index (χ4v) is 3.51. The number of benzene rings is 4. The summed E-state index contributed by atoms with van der Waals surface area (Å²) in [5.74, 6) is 0. The second-order valence-corrected chi connectivity index (χ2v) is 6.89. The Morgan fingerprint density at radius 3 is 1.56 bits per heavy atom. The Bertz CT molecular complexity index is 1070. The molecule has 0 radical (unpaired) electrons. The maximum absolute atomic E-state index is 11.1. The Kier molecular flexibility index (Phi) is 4.70. The van der Waals surface area contributed by atoms with Crippen LogP contribution in [0.3, 0.4) is 0 Å². The van der Waals surface area contributed by atoms with Crippen LogP contribution in [0.2, 0.25) is 0 Å². The second-order valence-electron chi connectivity index (χ2n) is 5.53. The fourth-order valence-electron chi connectivity index (χ4n) is 2.68. The van der Waals surface area contributed by atoms with Crippen LogP contribution in [0, 0.1) is 0 Å². The van der Waals surface area contributed by atoms with E-state index in [1.165, 1.54) is 16.8 Å². The van der Waals surface area contributed by atoms with Gasteiger partial charge in [-0.25, -0.2) is 0 Å². The molecular weight excluding hydrogens is 334 g/mol. The molecule has 0 aliphatic rings. The molecule has 0 aliphatic carbocycles. The van der Waals surface area contributed by atoms with Crippen molar-refractivity contribution in [1.82, 2.24) is 0 Å². The monoisotopic (exact) mass is 351 g/mol. The Morgan fingerprint density at radius 1 is 0.640 bits per heavy atom. The van der Waals surface area contributed by atoms with Crippen molar-refractivity contribution in [3.8, 4) is 0 Å². The van der Waals surface area contributed by atoms with E-state index in [0.717, 1.165) is 5.39 Å². The smallest absolute Gasteiger partial charge is 0.297 e. The van der Waals surface area contributed by atoms with Gasteiger partial charge in [-0.05, 0) is 22.2 Å². The van der Waals surface area contributed by atoms with E-state index >= 15 is 0 Å². The largest absolute Gasteiger partial charge is 0.398 e. The van der Waals surface area contributed by atoms with Gasteiger partial charge in [-0.3, -0.25) is 4.55 Å². The summed E-state index contributed by atoms with van der Waals surface area (Å²) in [6, 6.07) is 26.7. The topological polar surface area (TPSA) is 80.4 Å². The summed E-state index contributed by atoms with van der Waals surface area (Å²) in [5, 5.41) is 3.77. The molecule has 0 saturated carbocycles. The molecule has 4 nitrogen and oxygen atoms in total. The van der Waals surface area contributed by atoms with Crippen LogP contribution in [0.25, 0.3) is 21.5 Å². The zero-order valence-corrected chi connectivity index (χ0v) is 14.1. The molecule has 0 heterocycles. The quantitative estimate of drug-likeness (QED) is 0.390. The van der Waals surface area contributed by atoms with Crippen molar-refractivity contribution in [1.29, 1.82) is 0 Å². The van der Waals surface area contributed by atoms with Gasteiger partial charge < -0.3 is 5.73 Å². The summed E-state index contributed by atoms with van der Waals surface area (Å²) in [4.78, 5) is -0.222. The summed E-state index contributed by atoms with van der Waals surface area (Å²) in [7, 11) is -4.29. The first-order valence-electron chi connectivity index (χ1n) is 7.65. The van der Waals surface area contributed by atoms with E-state index in [4.69, 9.17) is 10.3 Å². The molecule has 25 heavy (non-hydrogen) atoms. The highest BCUT2D eigenvalue weighted by Crippen LogP contribution is 2.28. The van der Waals surface area contributed by atoms with Crippen LogP contribution in [-0.4, -0.2) is 13.0 Å². The highest BCUT2D eigenvalue weighted by Gasteiger charge is 2.17. The lowest BCUT2D eigenvalue weighted by atomic mass is 10.1. The van der Waals surface area contributed by atoms with E-state index in [9.17, 15) is 8.42 Å². The number of nitrogens with two attached hydrogens (primary N) is 1. The SMILES string of the molecule is Nc1ccc2ccccc2c1S(=O)(=O)O.c1ccc2ccccc2c1. The number of rotatable bonds is 1. The molecule has 0 fully saturated rings. The van der Waals surface area contributed by atoms with Crippen molar-refractivity contribution < 1.29 is 13.0 Å². The Labute approximate surface area is 146 Å². The predicted octanol–water partition coefficient (Wildman–Crippen LogP) is 4.51. The summed E-state index contributed by atoms with van der Waals surface area (Å²) >= 11 is 0. The first kappa shape index (κ1) is 17.0. The third-order valence-corrected chi connectivity index (χ3v) is 4.80. The molecule has 0 aromatic heterocycles. The lowest BCUT2D eigenvalue weighted by molar-refractivity contribution is 0.484. The van der Waals surface area contributed by atoms with Crippen molar-refractivity contribution >= 4 is 37.4 Å². The first-order valence-corrected chi connectivity index (χ1v) is 9.09. The fraction of sp³-hybridized carbons (Fsp3) is 0. The van der Waals surface area contributed by atoms with E-state index in [0.29, 0.717) is 5.39 Å². The van der Waals surface area contributed by atoms with Crippen molar-refractivity contribution in [3.63, 3.8) is 0 Å². The molecule has 126 valence electrons. The van der Waals surface area contributed by atoms with Crippen LogP contribution in [0.1, 0.15) is 0 Å². The number of anilines is 1. The zero-order valence-electron chi connectivity index (χ0n) is 13.3. The van der Waals surface area contributed by atoms with Gasteiger partial charge in [0.05, 0.1) is 5.69 Å². The van der Waals surface area contributed by atoms with Crippen LogP contribution in [0.15, 0.2) is 89.8 Å². The van der Waals surface area contributed by atoms with Gasteiger partial charge in [-0.15, -0.1) is 0 Å². The van der Waals surface area contributed by atoms with Crippen LogP contribution in [0.5, 0.6) is 0 Å². The van der Waals surface area contributed by atoms with Gasteiger partial charge in [0.15, 0.2) is 0 Å². The molecule has 4 rings (SSSR count). The van der Waals surface area contributed by atoms with Gasteiger partial charge in [0.25, 0.3) is 10.1 Å². The van der Waals surface area contributed by atoms with Crippen molar-refractivity contribution in [2.24, 2.45) is 0 Å². The molecule has 0 spiro atoms. The average Bonchev–Trinajstić information content (AvgIpc) is 2.61. The first-order chi connectivity index (χ1) is 12.0. The van der Waals surface area contributed by atoms with Gasteiger partial charge >= 0.3 is 0 Å². The number of fused-ring (bicyclic) bond motifs is 2.